The molecule has 1 aliphatic rings. The van der Waals surface area contributed by atoms with Crippen molar-refractivity contribution in [1.29, 1.82) is 0 Å². The van der Waals surface area contributed by atoms with Crippen LogP contribution in [0.5, 0.6) is 0 Å². The molecule has 1 aromatic rings. The van der Waals surface area contributed by atoms with Crippen molar-refractivity contribution >= 4 is 28.9 Å². The average Bonchev–Trinajstić information content (AvgIpc) is 2.86. The molecule has 1 fully saturated rings. The molecule has 0 aromatic carbocycles. The third-order valence-corrected chi connectivity index (χ3v) is 3.84. The minimum Gasteiger partial charge on any atom is -0.477 e. The molecule has 2 heterocycles. The van der Waals surface area contributed by atoms with Gasteiger partial charge >= 0.3 is 5.97 Å². The van der Waals surface area contributed by atoms with Crippen LogP contribution in [0.2, 0.25) is 0 Å². The molecular weight excluding hydrogens is 240 g/mol. The molecule has 0 aliphatic carbocycles. The number of anilines is 1. The first-order valence-corrected chi connectivity index (χ1v) is 6.29. The van der Waals surface area contributed by atoms with Gasteiger partial charge in [-0.05, 0) is 37.9 Å². The Labute approximate surface area is 103 Å². The Bertz CT molecular complexity index is 444. The van der Waals surface area contributed by atoms with E-state index >= 15 is 0 Å². The number of rotatable bonds is 3. The van der Waals surface area contributed by atoms with Crippen molar-refractivity contribution in [3.63, 3.8) is 0 Å². The Morgan fingerprint density at radius 2 is 2.35 bits per heavy atom. The lowest BCUT2D eigenvalue weighted by Crippen LogP contribution is -2.37. The number of likely N-dealkylation sites (tertiary alicyclic amines) is 1. The van der Waals surface area contributed by atoms with Crippen LogP contribution in [0.1, 0.15) is 22.5 Å². The van der Waals surface area contributed by atoms with Gasteiger partial charge in [0.1, 0.15) is 4.88 Å². The third-order valence-electron chi connectivity index (χ3n) is 2.94. The lowest BCUT2D eigenvalue weighted by Gasteiger charge is -2.18. The Morgan fingerprint density at radius 1 is 1.59 bits per heavy atom. The highest BCUT2D eigenvalue weighted by atomic mass is 32.1. The van der Waals surface area contributed by atoms with Gasteiger partial charge in [-0.1, -0.05) is 0 Å². The summed E-state index contributed by atoms with van der Waals surface area (Å²) in [5, 5.41) is 13.3. The zero-order valence-corrected chi connectivity index (χ0v) is 10.3. The number of hydrogen-bond acceptors (Lipinski definition) is 4. The summed E-state index contributed by atoms with van der Waals surface area (Å²) in [5.41, 5.74) is 0.396. The number of nitrogens with one attached hydrogen (secondary N) is 1. The fourth-order valence-electron chi connectivity index (χ4n) is 2.03. The van der Waals surface area contributed by atoms with E-state index in [2.05, 4.69) is 5.32 Å². The van der Waals surface area contributed by atoms with Crippen molar-refractivity contribution in [3.05, 3.63) is 16.3 Å². The maximum atomic E-state index is 12.0. The molecule has 0 saturated carbocycles. The van der Waals surface area contributed by atoms with Gasteiger partial charge in [0.2, 0.25) is 5.91 Å². The summed E-state index contributed by atoms with van der Waals surface area (Å²) in [6.45, 7) is 0.910. The largest absolute Gasteiger partial charge is 0.477 e. The Morgan fingerprint density at radius 3 is 2.94 bits per heavy atom. The molecule has 92 valence electrons. The van der Waals surface area contributed by atoms with E-state index in [0.29, 0.717) is 5.69 Å². The molecule has 1 saturated heterocycles. The van der Waals surface area contributed by atoms with Crippen LogP contribution in [-0.4, -0.2) is 41.5 Å². The smallest absolute Gasteiger partial charge is 0.348 e. The van der Waals surface area contributed by atoms with Gasteiger partial charge in [0.25, 0.3) is 0 Å². The summed E-state index contributed by atoms with van der Waals surface area (Å²) in [5.74, 6) is -1.12. The van der Waals surface area contributed by atoms with Crippen molar-refractivity contribution in [2.24, 2.45) is 0 Å². The first-order chi connectivity index (χ1) is 8.09. The number of amides is 1. The molecule has 1 aliphatic heterocycles. The van der Waals surface area contributed by atoms with Crippen molar-refractivity contribution in [2.45, 2.75) is 18.9 Å². The molecule has 1 amide bonds. The van der Waals surface area contributed by atoms with Crippen LogP contribution in [0.15, 0.2) is 11.4 Å². The average molecular weight is 254 g/mol. The van der Waals surface area contributed by atoms with Gasteiger partial charge in [0.15, 0.2) is 0 Å². The van der Waals surface area contributed by atoms with E-state index < -0.39 is 5.97 Å². The van der Waals surface area contributed by atoms with Crippen molar-refractivity contribution < 1.29 is 14.7 Å². The summed E-state index contributed by atoms with van der Waals surface area (Å²) in [6, 6.07) is 1.48. The van der Waals surface area contributed by atoms with Crippen LogP contribution in [0.3, 0.4) is 0 Å². The van der Waals surface area contributed by atoms with Crippen molar-refractivity contribution in [3.8, 4) is 0 Å². The molecular formula is C11H14N2O3S. The van der Waals surface area contributed by atoms with E-state index in [1.165, 1.54) is 0 Å². The molecule has 6 heteroatoms. The molecule has 1 atom stereocenters. The van der Waals surface area contributed by atoms with E-state index in [9.17, 15) is 9.59 Å². The number of nitrogens with zero attached hydrogens (tertiary/aromatic N) is 1. The monoisotopic (exact) mass is 254 g/mol. The summed E-state index contributed by atoms with van der Waals surface area (Å²) in [6.07, 6.45) is 1.83. The number of thiophene rings is 1. The number of carboxylic acids is 1. The normalized spacial score (nSPS) is 20.4. The second-order valence-electron chi connectivity index (χ2n) is 4.10. The molecule has 2 N–H and O–H groups in total. The fraction of sp³-hybridized carbons (Fsp3) is 0.455. The Hall–Kier alpha value is -1.40. The van der Waals surface area contributed by atoms with E-state index in [1.54, 1.807) is 11.4 Å². The lowest BCUT2D eigenvalue weighted by atomic mass is 10.2. The fourth-order valence-corrected chi connectivity index (χ4v) is 2.72. The van der Waals surface area contributed by atoms with Gasteiger partial charge in [-0.25, -0.2) is 4.79 Å². The van der Waals surface area contributed by atoms with Gasteiger partial charge in [0.05, 0.1) is 11.7 Å². The molecule has 0 radical (unpaired) electrons. The van der Waals surface area contributed by atoms with E-state index in [4.69, 9.17) is 5.11 Å². The van der Waals surface area contributed by atoms with E-state index in [-0.39, 0.29) is 16.8 Å². The minimum absolute atomic E-state index is 0.120. The number of likely N-dealkylation sites (N-methyl/N-ethyl adjacent to an activating group) is 1. The molecule has 0 unspecified atom stereocenters. The minimum atomic E-state index is -1.00. The van der Waals surface area contributed by atoms with Gasteiger partial charge < -0.3 is 10.4 Å². The zero-order valence-electron chi connectivity index (χ0n) is 9.47. The van der Waals surface area contributed by atoms with Crippen LogP contribution in [0.4, 0.5) is 5.69 Å². The number of aromatic carboxylic acids is 1. The maximum Gasteiger partial charge on any atom is 0.348 e. The molecule has 2 rings (SSSR count). The van der Waals surface area contributed by atoms with Gasteiger partial charge in [-0.3, -0.25) is 9.69 Å². The molecule has 0 bridgehead atoms. The number of carbonyl (C=O) groups excluding carboxylic acids is 1. The van der Waals surface area contributed by atoms with Gasteiger partial charge in [-0.15, -0.1) is 11.3 Å². The first-order valence-electron chi connectivity index (χ1n) is 5.41. The SMILES string of the molecule is CN1CCC[C@@H]1C(=O)Nc1ccsc1C(=O)O. The standard InChI is InChI=1S/C11H14N2O3S/c1-13-5-2-3-8(13)10(14)12-7-4-6-17-9(7)11(15)16/h4,6,8H,2-3,5H2,1H3,(H,12,14)(H,15,16)/t8-/m1/s1. The van der Waals surface area contributed by atoms with Crippen LogP contribution in [-0.2, 0) is 4.79 Å². The van der Waals surface area contributed by atoms with Gasteiger partial charge in [0, 0.05) is 0 Å². The predicted octanol–water partition coefficient (Wildman–Crippen LogP) is 1.48. The van der Waals surface area contributed by atoms with Crippen LogP contribution < -0.4 is 5.32 Å². The highest BCUT2D eigenvalue weighted by molar-refractivity contribution is 7.12. The summed E-state index contributed by atoms with van der Waals surface area (Å²) in [7, 11) is 1.91. The molecule has 5 nitrogen and oxygen atoms in total. The van der Waals surface area contributed by atoms with Crippen LogP contribution >= 0.6 is 11.3 Å². The predicted molar refractivity (Wildman–Crippen MR) is 65.6 cm³/mol. The van der Waals surface area contributed by atoms with Crippen LogP contribution in [0.25, 0.3) is 0 Å². The maximum absolute atomic E-state index is 12.0. The molecule has 0 spiro atoms. The highest BCUT2D eigenvalue weighted by Crippen LogP contribution is 2.24. The lowest BCUT2D eigenvalue weighted by molar-refractivity contribution is -0.119. The summed E-state index contributed by atoms with van der Waals surface area (Å²) in [4.78, 5) is 25.0. The Kier molecular flexibility index (Phi) is 3.44. The molecule has 1 aromatic heterocycles. The number of carbonyl (C=O) groups is 2. The second kappa shape index (κ2) is 4.85. The zero-order chi connectivity index (χ0) is 12.4. The second-order valence-corrected chi connectivity index (χ2v) is 5.01. The highest BCUT2D eigenvalue weighted by Gasteiger charge is 2.28. The number of carboxylic acid groups (broad SMARTS) is 1. The van der Waals surface area contributed by atoms with E-state index in [0.717, 1.165) is 30.7 Å². The third kappa shape index (κ3) is 2.48. The van der Waals surface area contributed by atoms with Crippen molar-refractivity contribution in [1.82, 2.24) is 4.90 Å². The van der Waals surface area contributed by atoms with Crippen LogP contribution in [0, 0.1) is 0 Å². The molecule has 17 heavy (non-hydrogen) atoms. The topological polar surface area (TPSA) is 69.6 Å². The number of hydrogen-bond donors (Lipinski definition) is 2. The van der Waals surface area contributed by atoms with Crippen molar-refractivity contribution in [2.75, 3.05) is 18.9 Å². The Balaban J connectivity index is 2.07. The van der Waals surface area contributed by atoms with Gasteiger partial charge in [-0.2, -0.15) is 0 Å². The first kappa shape index (κ1) is 12.1. The summed E-state index contributed by atoms with van der Waals surface area (Å²) < 4.78 is 0. The summed E-state index contributed by atoms with van der Waals surface area (Å²) >= 11 is 1.12. The quantitative estimate of drug-likeness (QED) is 0.857. The van der Waals surface area contributed by atoms with E-state index in [1.807, 2.05) is 11.9 Å².